The number of esters is 1. The summed E-state index contributed by atoms with van der Waals surface area (Å²) in [5.74, 6) is 0.256. The van der Waals surface area contributed by atoms with E-state index >= 15 is 0 Å². The highest BCUT2D eigenvalue weighted by molar-refractivity contribution is 6.32. The Morgan fingerprint density at radius 1 is 1.04 bits per heavy atom. The zero-order valence-corrected chi connectivity index (χ0v) is 16.4. The maximum atomic E-state index is 12.3. The molecule has 0 aliphatic heterocycles. The van der Waals surface area contributed by atoms with Crippen molar-refractivity contribution in [3.8, 4) is 11.5 Å². The average molecular weight is 392 g/mol. The van der Waals surface area contributed by atoms with Crippen LogP contribution in [-0.4, -0.2) is 31.2 Å². The van der Waals surface area contributed by atoms with Gasteiger partial charge in [0.05, 0.1) is 18.2 Å². The Kier molecular flexibility index (Phi) is 7.07. The number of ether oxygens (including phenoxy) is 3. The van der Waals surface area contributed by atoms with Crippen molar-refractivity contribution in [1.29, 1.82) is 0 Å². The van der Waals surface area contributed by atoms with Gasteiger partial charge in [-0.3, -0.25) is 4.79 Å². The third kappa shape index (κ3) is 5.89. The molecule has 1 unspecified atom stereocenters. The highest BCUT2D eigenvalue weighted by Gasteiger charge is 2.18. The lowest BCUT2D eigenvalue weighted by atomic mass is 10.2. The smallest absolute Gasteiger partial charge is 0.347 e. The molecular formula is C20H22ClNO5. The van der Waals surface area contributed by atoms with Gasteiger partial charge in [-0.05, 0) is 63.2 Å². The van der Waals surface area contributed by atoms with Crippen molar-refractivity contribution in [1.82, 2.24) is 0 Å². The summed E-state index contributed by atoms with van der Waals surface area (Å²) in [6.45, 7) is 5.15. The van der Waals surface area contributed by atoms with E-state index in [1.54, 1.807) is 63.2 Å². The van der Waals surface area contributed by atoms with Gasteiger partial charge in [-0.15, -0.1) is 0 Å². The van der Waals surface area contributed by atoms with Crippen molar-refractivity contribution in [2.45, 2.75) is 33.0 Å². The summed E-state index contributed by atoms with van der Waals surface area (Å²) >= 11 is 6.05. The second-order valence-electron chi connectivity index (χ2n) is 6.07. The van der Waals surface area contributed by atoms with Gasteiger partial charge in [-0.1, -0.05) is 11.6 Å². The first kappa shape index (κ1) is 20.6. The standard InChI is InChI=1S/C20H22ClNO5/c1-12(2)26-20(24)13(3)27-16-8-5-14(6-9-16)19(23)22-15-7-10-18(25-4)17(21)11-15/h5-13H,1-4H3,(H,22,23). The minimum atomic E-state index is -0.742. The lowest BCUT2D eigenvalue weighted by Crippen LogP contribution is -2.28. The summed E-state index contributed by atoms with van der Waals surface area (Å²) in [6, 6.07) is 11.4. The number of hydrogen-bond donors (Lipinski definition) is 1. The molecule has 0 aliphatic rings. The molecule has 7 heteroatoms. The Morgan fingerprint density at radius 3 is 2.26 bits per heavy atom. The van der Waals surface area contributed by atoms with Crippen LogP contribution < -0.4 is 14.8 Å². The predicted octanol–water partition coefficient (Wildman–Crippen LogP) is 4.32. The Balaban J connectivity index is 1.99. The van der Waals surface area contributed by atoms with Gasteiger partial charge in [0.25, 0.3) is 5.91 Å². The Morgan fingerprint density at radius 2 is 1.70 bits per heavy atom. The van der Waals surface area contributed by atoms with E-state index in [0.29, 0.717) is 27.8 Å². The third-order valence-electron chi connectivity index (χ3n) is 3.52. The molecule has 144 valence electrons. The van der Waals surface area contributed by atoms with Crippen LogP contribution in [0, 0.1) is 0 Å². The first-order chi connectivity index (χ1) is 12.8. The van der Waals surface area contributed by atoms with Crippen molar-refractivity contribution in [2.24, 2.45) is 0 Å². The van der Waals surface area contributed by atoms with E-state index in [1.807, 2.05) is 0 Å². The number of halogens is 1. The Bertz CT molecular complexity index is 805. The van der Waals surface area contributed by atoms with Crippen molar-refractivity contribution in [2.75, 3.05) is 12.4 Å². The fraction of sp³-hybridized carbons (Fsp3) is 0.300. The maximum absolute atomic E-state index is 12.3. The third-order valence-corrected chi connectivity index (χ3v) is 3.82. The van der Waals surface area contributed by atoms with Crippen LogP contribution >= 0.6 is 11.6 Å². The summed E-state index contributed by atoms with van der Waals surface area (Å²) in [5, 5.41) is 3.16. The SMILES string of the molecule is COc1ccc(NC(=O)c2ccc(OC(C)C(=O)OC(C)C)cc2)cc1Cl. The van der Waals surface area contributed by atoms with Gasteiger partial charge < -0.3 is 19.5 Å². The van der Waals surface area contributed by atoms with E-state index < -0.39 is 12.1 Å². The summed E-state index contributed by atoms with van der Waals surface area (Å²) in [7, 11) is 1.52. The van der Waals surface area contributed by atoms with E-state index in [0.717, 1.165) is 0 Å². The van der Waals surface area contributed by atoms with Crippen molar-refractivity contribution < 1.29 is 23.8 Å². The molecule has 0 saturated heterocycles. The first-order valence-corrected chi connectivity index (χ1v) is 8.80. The number of nitrogens with one attached hydrogen (secondary N) is 1. The van der Waals surface area contributed by atoms with Gasteiger partial charge in [-0.2, -0.15) is 0 Å². The fourth-order valence-corrected chi connectivity index (χ4v) is 2.47. The van der Waals surface area contributed by atoms with Gasteiger partial charge in [0.15, 0.2) is 6.10 Å². The van der Waals surface area contributed by atoms with Crippen LogP contribution in [0.15, 0.2) is 42.5 Å². The molecule has 0 saturated carbocycles. The van der Waals surface area contributed by atoms with Crippen LogP contribution in [0.1, 0.15) is 31.1 Å². The van der Waals surface area contributed by atoms with Gasteiger partial charge in [0.2, 0.25) is 0 Å². The average Bonchev–Trinajstić information content (AvgIpc) is 2.61. The number of anilines is 1. The zero-order chi connectivity index (χ0) is 20.0. The molecule has 1 N–H and O–H groups in total. The van der Waals surface area contributed by atoms with Gasteiger partial charge in [0, 0.05) is 11.3 Å². The number of rotatable bonds is 7. The monoisotopic (exact) mass is 391 g/mol. The molecule has 27 heavy (non-hydrogen) atoms. The minimum Gasteiger partial charge on any atom is -0.495 e. The molecule has 1 amide bonds. The normalized spacial score (nSPS) is 11.6. The predicted molar refractivity (Wildman–Crippen MR) is 104 cm³/mol. The van der Waals surface area contributed by atoms with Crippen LogP contribution in [0.25, 0.3) is 0 Å². The Hall–Kier alpha value is -2.73. The van der Waals surface area contributed by atoms with Gasteiger partial charge >= 0.3 is 5.97 Å². The van der Waals surface area contributed by atoms with E-state index in [9.17, 15) is 9.59 Å². The van der Waals surface area contributed by atoms with Gasteiger partial charge in [-0.25, -0.2) is 4.79 Å². The van der Waals surface area contributed by atoms with Gasteiger partial charge in [0.1, 0.15) is 11.5 Å². The number of carbonyl (C=O) groups excluding carboxylic acids is 2. The number of hydrogen-bond acceptors (Lipinski definition) is 5. The number of benzene rings is 2. The lowest BCUT2D eigenvalue weighted by molar-refractivity contribution is -0.154. The molecule has 0 bridgehead atoms. The molecule has 0 radical (unpaired) electrons. The highest BCUT2D eigenvalue weighted by Crippen LogP contribution is 2.27. The fourth-order valence-electron chi connectivity index (χ4n) is 2.21. The van der Waals surface area contributed by atoms with E-state index in [1.165, 1.54) is 7.11 Å². The zero-order valence-electron chi connectivity index (χ0n) is 15.6. The minimum absolute atomic E-state index is 0.207. The molecule has 1 atom stereocenters. The molecule has 0 aromatic heterocycles. The molecule has 2 aromatic carbocycles. The Labute approximate surface area is 163 Å². The van der Waals surface area contributed by atoms with Crippen LogP contribution in [0.5, 0.6) is 11.5 Å². The lowest BCUT2D eigenvalue weighted by Gasteiger charge is -2.16. The van der Waals surface area contributed by atoms with E-state index in [2.05, 4.69) is 5.32 Å². The van der Waals surface area contributed by atoms with Crippen LogP contribution in [0.2, 0.25) is 5.02 Å². The summed E-state index contributed by atoms with van der Waals surface area (Å²) in [5.41, 5.74) is 0.989. The van der Waals surface area contributed by atoms with E-state index in [4.69, 9.17) is 25.8 Å². The summed E-state index contributed by atoms with van der Waals surface area (Å²) in [4.78, 5) is 24.1. The van der Waals surface area contributed by atoms with Crippen molar-refractivity contribution in [3.05, 3.63) is 53.1 Å². The van der Waals surface area contributed by atoms with E-state index in [-0.39, 0.29) is 12.0 Å². The highest BCUT2D eigenvalue weighted by atomic mass is 35.5. The molecular weight excluding hydrogens is 370 g/mol. The molecule has 2 aromatic rings. The first-order valence-electron chi connectivity index (χ1n) is 8.42. The summed E-state index contributed by atoms with van der Waals surface area (Å²) in [6.07, 6.45) is -0.949. The molecule has 0 aliphatic carbocycles. The molecule has 2 rings (SSSR count). The molecule has 0 fully saturated rings. The molecule has 6 nitrogen and oxygen atoms in total. The second kappa shape index (κ2) is 9.28. The second-order valence-corrected chi connectivity index (χ2v) is 6.48. The number of methoxy groups -OCH3 is 1. The van der Waals surface area contributed by atoms with Crippen molar-refractivity contribution >= 4 is 29.2 Å². The summed E-state index contributed by atoms with van der Waals surface area (Å²) < 4.78 is 15.7. The van der Waals surface area contributed by atoms with Crippen LogP contribution in [0.4, 0.5) is 5.69 Å². The largest absolute Gasteiger partial charge is 0.495 e. The van der Waals surface area contributed by atoms with Crippen LogP contribution in [0.3, 0.4) is 0 Å². The molecule has 0 heterocycles. The maximum Gasteiger partial charge on any atom is 0.347 e. The number of carbonyl (C=O) groups is 2. The topological polar surface area (TPSA) is 73.9 Å². The number of amides is 1. The van der Waals surface area contributed by atoms with Crippen LogP contribution in [-0.2, 0) is 9.53 Å². The molecule has 0 spiro atoms. The quantitative estimate of drug-likeness (QED) is 0.711. The van der Waals surface area contributed by atoms with Crippen molar-refractivity contribution in [3.63, 3.8) is 0 Å².